The summed E-state index contributed by atoms with van der Waals surface area (Å²) >= 11 is 0. The van der Waals surface area contributed by atoms with Crippen molar-refractivity contribution in [2.24, 2.45) is 5.73 Å². The van der Waals surface area contributed by atoms with Crippen molar-refractivity contribution < 1.29 is 4.79 Å². The monoisotopic (exact) mass is 234 g/mol. The Hall–Kier alpha value is -1.65. The minimum atomic E-state index is -0.762. The van der Waals surface area contributed by atoms with Gasteiger partial charge in [-0.25, -0.2) is 0 Å². The van der Waals surface area contributed by atoms with E-state index in [2.05, 4.69) is 52.7 Å². The summed E-state index contributed by atoms with van der Waals surface area (Å²) < 4.78 is 0. The maximum absolute atomic E-state index is 9.83. The predicted octanol–water partition coefficient (Wildman–Crippen LogP) is 1.92. The molecule has 0 aliphatic carbocycles. The molecule has 0 heterocycles. The largest absolute Gasteiger partial charge is 0.365 e. The van der Waals surface area contributed by atoms with E-state index in [4.69, 9.17) is 5.26 Å². The Morgan fingerprint density at radius 1 is 1.62 bits per heavy atom. The fraction of sp³-hybridized carbons (Fsp3) is 0.167. The van der Waals surface area contributed by atoms with E-state index >= 15 is 0 Å². The van der Waals surface area contributed by atoms with E-state index in [-0.39, 0.29) is 5.57 Å². The molecule has 0 aromatic heterocycles. The van der Waals surface area contributed by atoms with E-state index in [9.17, 15) is 4.79 Å². The molecule has 1 rings (SSSR count). The van der Waals surface area contributed by atoms with Crippen LogP contribution in [-0.2, 0) is 11.0 Å². The molecule has 2 N–H and O–H groups in total. The average molecular weight is 234 g/mol. The maximum atomic E-state index is 9.83. The molecule has 84 valence electrons. The number of aryl methyl sites for hydroxylation is 1. The Labute approximate surface area is 98.2 Å². The van der Waals surface area contributed by atoms with Crippen molar-refractivity contribution in [1.29, 1.82) is 5.26 Å². The minimum Gasteiger partial charge on any atom is -0.365 e. The number of carbonyl (C=O) groups excluding carboxylic acids is 1. The van der Waals surface area contributed by atoms with Gasteiger partial charge in [0.25, 0.3) is 5.91 Å². The first-order valence-electron chi connectivity index (χ1n) is 4.65. The van der Waals surface area contributed by atoms with Crippen molar-refractivity contribution in [2.75, 3.05) is 0 Å². The van der Waals surface area contributed by atoms with Gasteiger partial charge in [-0.1, -0.05) is 36.4 Å². The SMILES string of the molecule is C=C(C#N)C(N)=O.Cc1cccc(CP)c1. The molecule has 0 bridgehead atoms. The molecule has 0 aliphatic rings. The number of carbonyl (C=O) groups is 1. The van der Waals surface area contributed by atoms with Crippen LogP contribution in [0.3, 0.4) is 0 Å². The molecule has 0 spiro atoms. The first-order valence-corrected chi connectivity index (χ1v) is 5.47. The van der Waals surface area contributed by atoms with Gasteiger partial charge in [-0.2, -0.15) is 5.26 Å². The lowest BCUT2D eigenvalue weighted by atomic mass is 10.2. The summed E-state index contributed by atoms with van der Waals surface area (Å²) in [5.74, 6) is -0.762. The highest BCUT2D eigenvalue weighted by molar-refractivity contribution is 7.15. The van der Waals surface area contributed by atoms with E-state index in [1.165, 1.54) is 17.2 Å². The molecule has 1 aromatic rings. The molecule has 1 atom stereocenters. The number of nitrogens with two attached hydrogens (primary N) is 1. The minimum absolute atomic E-state index is 0.208. The zero-order chi connectivity index (χ0) is 12.6. The van der Waals surface area contributed by atoms with Crippen LogP contribution in [-0.4, -0.2) is 5.91 Å². The summed E-state index contributed by atoms with van der Waals surface area (Å²) in [5.41, 5.74) is 7.11. The van der Waals surface area contributed by atoms with Crippen molar-refractivity contribution in [3.05, 3.63) is 47.5 Å². The molecule has 0 fully saturated rings. The molecule has 0 saturated heterocycles. The first-order chi connectivity index (χ1) is 7.51. The zero-order valence-electron chi connectivity index (χ0n) is 9.23. The highest BCUT2D eigenvalue weighted by Gasteiger charge is 1.94. The van der Waals surface area contributed by atoms with Gasteiger partial charge in [0, 0.05) is 0 Å². The molecule has 0 aliphatic heterocycles. The third kappa shape index (κ3) is 5.95. The smallest absolute Gasteiger partial charge is 0.258 e. The zero-order valence-corrected chi connectivity index (χ0v) is 10.4. The van der Waals surface area contributed by atoms with E-state index in [1.54, 1.807) is 0 Å². The molecule has 1 unspecified atom stereocenters. The van der Waals surface area contributed by atoms with Crippen molar-refractivity contribution in [2.45, 2.75) is 13.1 Å². The number of hydrogen-bond donors (Lipinski definition) is 1. The van der Waals surface area contributed by atoms with Crippen molar-refractivity contribution in [3.8, 4) is 6.07 Å². The highest BCUT2D eigenvalue weighted by Crippen LogP contribution is 2.06. The summed E-state index contributed by atoms with van der Waals surface area (Å²) in [5, 5.41) is 7.85. The fourth-order valence-corrected chi connectivity index (χ4v) is 1.15. The van der Waals surface area contributed by atoms with Crippen LogP contribution >= 0.6 is 9.24 Å². The van der Waals surface area contributed by atoms with Gasteiger partial charge in [0.2, 0.25) is 0 Å². The van der Waals surface area contributed by atoms with E-state index < -0.39 is 5.91 Å². The Bertz CT molecular complexity index is 421. The highest BCUT2D eigenvalue weighted by atomic mass is 31.0. The van der Waals surface area contributed by atoms with Crippen molar-refractivity contribution in [1.82, 2.24) is 0 Å². The second-order valence-electron chi connectivity index (χ2n) is 3.15. The second kappa shape index (κ2) is 7.62. The molecular weight excluding hydrogens is 219 g/mol. The van der Waals surface area contributed by atoms with E-state index in [0.29, 0.717) is 0 Å². The van der Waals surface area contributed by atoms with Crippen LogP contribution < -0.4 is 5.73 Å². The van der Waals surface area contributed by atoms with Crippen molar-refractivity contribution in [3.63, 3.8) is 0 Å². The van der Waals surface area contributed by atoms with Gasteiger partial charge in [-0.15, -0.1) is 9.24 Å². The van der Waals surface area contributed by atoms with Gasteiger partial charge in [-0.3, -0.25) is 4.79 Å². The topological polar surface area (TPSA) is 66.9 Å². The molecule has 16 heavy (non-hydrogen) atoms. The first kappa shape index (κ1) is 14.3. The van der Waals surface area contributed by atoms with E-state index in [0.717, 1.165) is 6.16 Å². The number of hydrogen-bond acceptors (Lipinski definition) is 2. The summed E-state index contributed by atoms with van der Waals surface area (Å²) in [6, 6.07) is 10.0. The predicted molar refractivity (Wildman–Crippen MR) is 68.5 cm³/mol. The fourth-order valence-electron chi connectivity index (χ4n) is 0.894. The Kier molecular flexibility index (Phi) is 6.83. The van der Waals surface area contributed by atoms with Gasteiger partial charge in [0.05, 0.1) is 0 Å². The molecule has 4 heteroatoms. The van der Waals surface area contributed by atoms with E-state index in [1.807, 2.05) is 0 Å². The average Bonchev–Trinajstić information content (AvgIpc) is 2.28. The normalized spacial score (nSPS) is 8.31. The van der Waals surface area contributed by atoms with Gasteiger partial charge >= 0.3 is 0 Å². The van der Waals surface area contributed by atoms with Crippen LogP contribution in [0.4, 0.5) is 0 Å². The lowest BCUT2D eigenvalue weighted by molar-refractivity contribution is -0.114. The van der Waals surface area contributed by atoms with Crippen molar-refractivity contribution >= 4 is 15.1 Å². The van der Waals surface area contributed by atoms with Crippen LogP contribution in [0, 0.1) is 18.3 Å². The van der Waals surface area contributed by atoms with Gasteiger partial charge < -0.3 is 5.73 Å². The molecule has 0 radical (unpaired) electrons. The van der Waals surface area contributed by atoms with Gasteiger partial charge in [0.1, 0.15) is 11.6 Å². The quantitative estimate of drug-likeness (QED) is 0.482. The Morgan fingerprint density at radius 3 is 2.50 bits per heavy atom. The third-order valence-electron chi connectivity index (χ3n) is 1.75. The van der Waals surface area contributed by atoms with Crippen LogP contribution in [0.15, 0.2) is 36.4 Å². The maximum Gasteiger partial charge on any atom is 0.258 e. The molecule has 0 saturated carbocycles. The summed E-state index contributed by atoms with van der Waals surface area (Å²) in [6.07, 6.45) is 1.06. The Morgan fingerprint density at radius 2 is 2.25 bits per heavy atom. The number of primary amides is 1. The number of nitriles is 1. The number of benzene rings is 1. The molecular formula is C12H15N2OP. The van der Waals surface area contributed by atoms with Gasteiger partial charge in [-0.05, 0) is 18.6 Å². The number of rotatable bonds is 2. The molecule has 1 amide bonds. The standard InChI is InChI=1S/C8H11P.C4H4N2O/c1-7-3-2-4-8(5-7)6-9;1-3(2-5)4(6)7/h2-5H,6,9H2,1H3;1H2,(H2,6,7). The lowest BCUT2D eigenvalue weighted by Crippen LogP contribution is -2.11. The van der Waals surface area contributed by atoms with Crippen LogP contribution in [0.25, 0.3) is 0 Å². The molecule has 3 nitrogen and oxygen atoms in total. The lowest BCUT2D eigenvalue weighted by Gasteiger charge is -1.95. The third-order valence-corrected chi connectivity index (χ3v) is 2.22. The van der Waals surface area contributed by atoms with Crippen LogP contribution in [0.5, 0.6) is 0 Å². The molecule has 1 aromatic carbocycles. The van der Waals surface area contributed by atoms with Crippen LogP contribution in [0.1, 0.15) is 11.1 Å². The summed E-state index contributed by atoms with van der Waals surface area (Å²) in [6.45, 7) is 5.15. The summed E-state index contributed by atoms with van der Waals surface area (Å²) in [4.78, 5) is 9.83. The number of nitrogens with zero attached hydrogens (tertiary/aromatic N) is 1. The Balaban J connectivity index is 0.000000293. The number of amides is 1. The van der Waals surface area contributed by atoms with Gasteiger partial charge in [0.15, 0.2) is 0 Å². The second-order valence-corrected chi connectivity index (χ2v) is 3.56. The summed E-state index contributed by atoms with van der Waals surface area (Å²) in [7, 11) is 2.72. The van der Waals surface area contributed by atoms with Crippen LogP contribution in [0.2, 0.25) is 0 Å².